The van der Waals surface area contributed by atoms with E-state index in [4.69, 9.17) is 0 Å². The van der Waals surface area contributed by atoms with Gasteiger partial charge in [-0.25, -0.2) is 0 Å². The van der Waals surface area contributed by atoms with Gasteiger partial charge in [0.05, 0.1) is 5.52 Å². The van der Waals surface area contributed by atoms with Gasteiger partial charge in [0.2, 0.25) is 0 Å². The second-order valence-electron chi connectivity index (χ2n) is 15.0. The van der Waals surface area contributed by atoms with Gasteiger partial charge in [-0.1, -0.05) is 112 Å². The van der Waals surface area contributed by atoms with Gasteiger partial charge in [-0.15, -0.1) is 0 Å². The van der Waals surface area contributed by atoms with Crippen molar-refractivity contribution in [3.05, 3.63) is 169 Å². The average Bonchev–Trinajstić information content (AvgIpc) is 3.51. The van der Waals surface area contributed by atoms with Gasteiger partial charge in [-0.2, -0.15) is 0 Å². The molecule has 0 spiro atoms. The number of aromatic nitrogens is 2. The van der Waals surface area contributed by atoms with Gasteiger partial charge in [0.15, 0.2) is 0 Å². The molecule has 2 heteroatoms. The van der Waals surface area contributed by atoms with Gasteiger partial charge in [-0.05, 0) is 138 Å². The summed E-state index contributed by atoms with van der Waals surface area (Å²) in [6.07, 6.45) is 5.81. The lowest BCUT2D eigenvalue weighted by atomic mass is 9.77. The lowest BCUT2D eigenvalue weighted by molar-refractivity contribution is 0.590. The molecule has 0 radical (unpaired) electrons. The van der Waals surface area contributed by atoms with Gasteiger partial charge in [0, 0.05) is 28.9 Å². The quantitative estimate of drug-likeness (QED) is 0.173. The lowest BCUT2D eigenvalue weighted by Crippen LogP contribution is -2.13. The first kappa shape index (κ1) is 29.7. The number of hydrogen-bond donors (Lipinski definition) is 0. The molecule has 2 aromatic heterocycles. The minimum Gasteiger partial charge on any atom is -0.302 e. The third-order valence-electron chi connectivity index (χ3n) is 11.0. The van der Waals surface area contributed by atoms with Crippen LogP contribution in [0.1, 0.15) is 37.5 Å². The second kappa shape index (κ2) is 11.2. The Hall–Kier alpha value is -6.17. The lowest BCUT2D eigenvalue weighted by Gasteiger charge is -2.27. The van der Waals surface area contributed by atoms with Crippen molar-refractivity contribution in [3.8, 4) is 39.1 Å². The molecule has 0 aliphatic heterocycles. The Labute approximate surface area is 298 Å². The summed E-state index contributed by atoms with van der Waals surface area (Å²) in [6.45, 7) is 6.96. The second-order valence-corrected chi connectivity index (χ2v) is 15.0. The molecule has 0 bridgehead atoms. The molecule has 0 fully saturated rings. The van der Waals surface area contributed by atoms with Crippen molar-refractivity contribution in [2.24, 2.45) is 0 Å². The summed E-state index contributed by atoms with van der Waals surface area (Å²) in [5.74, 6) is 0. The van der Waals surface area contributed by atoms with E-state index in [2.05, 4.69) is 158 Å². The fourth-order valence-corrected chi connectivity index (χ4v) is 8.43. The maximum Gasteiger partial charge on any atom is 0.105 e. The Morgan fingerprint density at radius 1 is 0.627 bits per heavy atom. The molecule has 1 aliphatic carbocycles. The number of fused-ring (bicyclic) bond motifs is 3. The fourth-order valence-electron chi connectivity index (χ4n) is 8.43. The average molecular weight is 653 g/mol. The van der Waals surface area contributed by atoms with Crippen LogP contribution in [0.2, 0.25) is 0 Å². The third-order valence-corrected chi connectivity index (χ3v) is 11.0. The number of benzene rings is 6. The first-order valence-electron chi connectivity index (χ1n) is 17.9. The number of rotatable bonds is 4. The molecule has 242 valence electrons. The van der Waals surface area contributed by atoms with E-state index < -0.39 is 0 Å². The summed E-state index contributed by atoms with van der Waals surface area (Å²) in [7, 11) is 0. The first-order chi connectivity index (χ1) is 24.9. The van der Waals surface area contributed by atoms with Crippen molar-refractivity contribution in [3.63, 3.8) is 0 Å². The summed E-state index contributed by atoms with van der Waals surface area (Å²) < 4.78 is 2.34. The van der Waals surface area contributed by atoms with Crippen molar-refractivity contribution < 1.29 is 0 Å². The smallest absolute Gasteiger partial charge is 0.105 e. The molecule has 1 aliphatic rings. The van der Waals surface area contributed by atoms with Crippen LogP contribution >= 0.6 is 0 Å². The molecule has 10 rings (SSSR count). The first-order valence-corrected chi connectivity index (χ1v) is 17.9. The van der Waals surface area contributed by atoms with Crippen LogP contribution < -0.4 is 0 Å². The standard InChI is InChI=1S/C49H36N2/c1-49(2,3)37-26-34-21-23-41-43(32-19-17-31(18-20-32)36-11-9-25-50-30-36)29-44(42-24-22-35(27-37)47(34)48(41)42)33-10-8-12-38(28-33)51-45-15-6-4-13-39(45)40-14-5-7-16-46(40)51/h4-6,8-15,17-21,23,25-30H,22,24H2,1-3H3. The van der Waals surface area contributed by atoms with Crippen molar-refractivity contribution in [1.29, 1.82) is 0 Å². The molecule has 0 amide bonds. The Kier molecular flexibility index (Phi) is 6.51. The zero-order valence-corrected chi connectivity index (χ0v) is 29.1. The highest BCUT2D eigenvalue weighted by Gasteiger charge is 2.25. The summed E-state index contributed by atoms with van der Waals surface area (Å²) in [5, 5.41) is 7.91. The van der Waals surface area contributed by atoms with E-state index in [0.717, 1.165) is 29.6 Å². The Morgan fingerprint density at radius 3 is 2.31 bits per heavy atom. The molecule has 7 aromatic carbocycles. The third kappa shape index (κ3) is 4.69. The Balaban J connectivity index is 1.24. The highest BCUT2D eigenvalue weighted by Crippen LogP contribution is 2.46. The number of hydrogen-bond acceptors (Lipinski definition) is 1. The summed E-state index contributed by atoms with van der Waals surface area (Å²) >= 11 is 0. The molecule has 0 atom stereocenters. The number of pyridine rings is 1. The van der Waals surface area contributed by atoms with Crippen LogP contribution in [-0.2, 0) is 18.3 Å². The van der Waals surface area contributed by atoms with Gasteiger partial charge >= 0.3 is 0 Å². The molecule has 0 saturated carbocycles. The van der Waals surface area contributed by atoms with Crippen LogP contribution in [0.5, 0.6) is 0 Å². The fraction of sp³-hybridized carbons (Fsp3) is 0.122. The van der Waals surface area contributed by atoms with E-state index >= 15 is 0 Å². The topological polar surface area (TPSA) is 17.8 Å². The van der Waals surface area contributed by atoms with Crippen LogP contribution in [0.15, 0.2) is 140 Å². The minimum atomic E-state index is 0.0887. The van der Waals surface area contributed by atoms with Crippen LogP contribution in [0.4, 0.5) is 0 Å². The van der Waals surface area contributed by atoms with Crippen molar-refractivity contribution in [2.45, 2.75) is 39.0 Å². The monoisotopic (exact) mass is 652 g/mol. The van der Waals surface area contributed by atoms with Crippen molar-refractivity contribution in [2.75, 3.05) is 0 Å². The zero-order valence-electron chi connectivity index (χ0n) is 29.1. The van der Waals surface area contributed by atoms with E-state index in [1.165, 1.54) is 82.3 Å². The minimum absolute atomic E-state index is 0.0887. The zero-order chi connectivity index (χ0) is 34.3. The maximum absolute atomic E-state index is 4.36. The van der Waals surface area contributed by atoms with Crippen molar-refractivity contribution in [1.82, 2.24) is 9.55 Å². The number of aryl methyl sites for hydroxylation is 2. The molecular weight excluding hydrogens is 617 g/mol. The largest absolute Gasteiger partial charge is 0.302 e. The Morgan fingerprint density at radius 2 is 1.47 bits per heavy atom. The van der Waals surface area contributed by atoms with Crippen LogP contribution in [0.25, 0.3) is 82.4 Å². The van der Waals surface area contributed by atoms with E-state index in [1.54, 1.807) is 0 Å². The van der Waals surface area contributed by atoms with Crippen molar-refractivity contribution >= 4 is 43.4 Å². The Bertz CT molecular complexity index is 2760. The van der Waals surface area contributed by atoms with Gasteiger partial charge in [0.1, 0.15) is 5.52 Å². The molecule has 9 aromatic rings. The van der Waals surface area contributed by atoms with Crippen LogP contribution in [-0.4, -0.2) is 9.55 Å². The van der Waals surface area contributed by atoms with Gasteiger partial charge in [-0.3, -0.25) is 4.98 Å². The van der Waals surface area contributed by atoms with Gasteiger partial charge < -0.3 is 4.57 Å². The summed E-state index contributed by atoms with van der Waals surface area (Å²) in [4.78, 5) is 4.36. The summed E-state index contributed by atoms with van der Waals surface area (Å²) in [5.41, 5.74) is 15.1. The molecular formula is C49H36N2. The predicted molar refractivity (Wildman–Crippen MR) is 214 cm³/mol. The highest BCUT2D eigenvalue weighted by atomic mass is 15.0. The SMILES string of the molecule is CC(C)(C)c1cc2c3c(ccc4c(-c5ccc(-c6cccnc6)cc5)cc(-c5cccc(-n6c7c#cccc7c7ccccc76)c5)c(c43)CC2)c1. The number of para-hydroxylation sites is 1. The maximum atomic E-state index is 4.36. The van der Waals surface area contributed by atoms with E-state index in [0.29, 0.717) is 0 Å². The summed E-state index contributed by atoms with van der Waals surface area (Å²) in [6, 6.07) is 53.8. The molecule has 0 saturated heterocycles. The number of nitrogens with zero attached hydrogens (tertiary/aromatic N) is 2. The molecule has 51 heavy (non-hydrogen) atoms. The highest BCUT2D eigenvalue weighted by molar-refractivity contribution is 6.18. The van der Waals surface area contributed by atoms with E-state index in [9.17, 15) is 0 Å². The van der Waals surface area contributed by atoms with Crippen LogP contribution in [0.3, 0.4) is 0 Å². The van der Waals surface area contributed by atoms with Gasteiger partial charge in [0.25, 0.3) is 0 Å². The molecule has 0 N–H and O–H groups in total. The molecule has 2 heterocycles. The van der Waals surface area contributed by atoms with Crippen LogP contribution in [0, 0.1) is 12.1 Å². The molecule has 2 nitrogen and oxygen atoms in total. The predicted octanol–water partition coefficient (Wildman–Crippen LogP) is 12.5. The van der Waals surface area contributed by atoms with E-state index in [-0.39, 0.29) is 5.41 Å². The molecule has 0 unspecified atom stereocenters. The van der Waals surface area contributed by atoms with E-state index in [1.807, 2.05) is 24.5 Å². The normalized spacial score (nSPS) is 12.7.